The summed E-state index contributed by atoms with van der Waals surface area (Å²) in [5.41, 5.74) is 5.97. The second-order valence-electron chi connectivity index (χ2n) is 6.60. The smallest absolute Gasteiger partial charge is 0.408 e. The van der Waals surface area contributed by atoms with Crippen LogP contribution in [-0.2, 0) is 4.74 Å². The van der Waals surface area contributed by atoms with Crippen LogP contribution in [-0.4, -0.2) is 24.3 Å². The van der Waals surface area contributed by atoms with Gasteiger partial charge < -0.3 is 20.5 Å². The minimum atomic E-state index is -0.658. The van der Waals surface area contributed by atoms with Crippen molar-refractivity contribution in [2.24, 2.45) is 5.73 Å². The normalized spacial score (nSPS) is 13.5. The van der Waals surface area contributed by atoms with Gasteiger partial charge >= 0.3 is 6.09 Å². The molecule has 1 amide bonds. The zero-order valence-electron chi connectivity index (χ0n) is 13.7. The number of amides is 1. The maximum Gasteiger partial charge on any atom is 0.408 e. The van der Waals surface area contributed by atoms with Gasteiger partial charge in [0.25, 0.3) is 0 Å². The molecule has 118 valence electrons. The van der Waals surface area contributed by atoms with E-state index >= 15 is 0 Å². The van der Waals surface area contributed by atoms with Gasteiger partial charge in [0.15, 0.2) is 0 Å². The van der Waals surface area contributed by atoms with Crippen LogP contribution in [0.3, 0.4) is 0 Å². The fraction of sp³-hybridized carbons (Fsp3) is 0.562. The maximum atomic E-state index is 11.9. The summed E-state index contributed by atoms with van der Waals surface area (Å²) in [5.74, 6) is 0.732. The minimum Gasteiger partial charge on any atom is -0.497 e. The molecule has 1 rings (SSSR count). The molecule has 1 atom stereocenters. The van der Waals surface area contributed by atoms with Crippen molar-refractivity contribution >= 4 is 6.09 Å². The first-order valence-electron chi connectivity index (χ1n) is 6.96. The summed E-state index contributed by atoms with van der Waals surface area (Å²) >= 11 is 0. The van der Waals surface area contributed by atoms with Crippen LogP contribution >= 0.6 is 0 Å². The number of carbonyl (C=O) groups is 1. The number of rotatable bonds is 4. The number of nitrogens with one attached hydrogen (secondary N) is 1. The molecule has 1 aromatic carbocycles. The molecule has 0 aliphatic carbocycles. The second kappa shape index (κ2) is 6.35. The van der Waals surface area contributed by atoms with Crippen molar-refractivity contribution in [2.45, 2.75) is 51.8 Å². The first-order valence-corrected chi connectivity index (χ1v) is 6.96. The van der Waals surface area contributed by atoms with Gasteiger partial charge in [-0.2, -0.15) is 0 Å². The Hall–Kier alpha value is -1.75. The Kier molecular flexibility index (Phi) is 5.23. The largest absolute Gasteiger partial charge is 0.497 e. The van der Waals surface area contributed by atoms with Gasteiger partial charge in [0.05, 0.1) is 18.7 Å². The monoisotopic (exact) mass is 294 g/mol. The lowest BCUT2D eigenvalue weighted by molar-refractivity contribution is 0.0458. The molecule has 1 aromatic rings. The van der Waals surface area contributed by atoms with Crippen molar-refractivity contribution in [3.63, 3.8) is 0 Å². The summed E-state index contributed by atoms with van der Waals surface area (Å²) in [6.07, 6.45) is -0.481. The predicted molar refractivity (Wildman–Crippen MR) is 83.4 cm³/mol. The molecule has 0 spiro atoms. The molecule has 5 heteroatoms. The highest BCUT2D eigenvalue weighted by Crippen LogP contribution is 2.26. The van der Waals surface area contributed by atoms with Crippen LogP contribution in [0.5, 0.6) is 5.75 Å². The number of alkyl carbamates (subject to hydrolysis) is 1. The van der Waals surface area contributed by atoms with E-state index in [0.29, 0.717) is 0 Å². The molecule has 0 radical (unpaired) electrons. The lowest BCUT2D eigenvalue weighted by Gasteiger charge is -2.34. The molecule has 21 heavy (non-hydrogen) atoms. The third kappa shape index (κ3) is 5.27. The quantitative estimate of drug-likeness (QED) is 0.895. The Morgan fingerprint density at radius 2 is 1.86 bits per heavy atom. The summed E-state index contributed by atoms with van der Waals surface area (Å²) in [7, 11) is 1.61. The molecule has 0 bridgehead atoms. The van der Waals surface area contributed by atoms with Crippen LogP contribution in [0.1, 0.15) is 46.2 Å². The third-order valence-corrected chi connectivity index (χ3v) is 3.05. The van der Waals surface area contributed by atoms with Gasteiger partial charge in [-0.25, -0.2) is 4.79 Å². The van der Waals surface area contributed by atoms with E-state index in [-0.39, 0.29) is 6.04 Å². The first kappa shape index (κ1) is 17.3. The Bertz CT molecular complexity index is 493. The van der Waals surface area contributed by atoms with Gasteiger partial charge in [-0.1, -0.05) is 12.1 Å². The highest BCUT2D eigenvalue weighted by molar-refractivity contribution is 5.69. The molecule has 5 nitrogen and oxygen atoms in total. The van der Waals surface area contributed by atoms with Crippen LogP contribution < -0.4 is 15.8 Å². The Morgan fingerprint density at radius 1 is 1.24 bits per heavy atom. The van der Waals surface area contributed by atoms with Crippen molar-refractivity contribution in [3.8, 4) is 5.75 Å². The van der Waals surface area contributed by atoms with Crippen molar-refractivity contribution in [2.75, 3.05) is 7.11 Å². The van der Waals surface area contributed by atoms with Crippen molar-refractivity contribution in [1.29, 1.82) is 0 Å². The topological polar surface area (TPSA) is 73.6 Å². The molecule has 0 saturated carbocycles. The van der Waals surface area contributed by atoms with E-state index in [2.05, 4.69) is 5.32 Å². The second-order valence-corrected chi connectivity index (χ2v) is 6.60. The summed E-state index contributed by atoms with van der Waals surface area (Å²) in [5, 5.41) is 2.82. The van der Waals surface area contributed by atoms with Crippen molar-refractivity contribution in [1.82, 2.24) is 5.32 Å². The summed E-state index contributed by atoms with van der Waals surface area (Å²) in [6, 6.07) is 7.11. The molecule has 0 aliphatic heterocycles. The fourth-order valence-electron chi connectivity index (χ4n) is 1.90. The summed E-state index contributed by atoms with van der Waals surface area (Å²) < 4.78 is 10.5. The number of benzene rings is 1. The van der Waals surface area contributed by atoms with Gasteiger partial charge in [-0.3, -0.25) is 0 Å². The van der Waals surface area contributed by atoms with E-state index < -0.39 is 17.2 Å². The van der Waals surface area contributed by atoms with E-state index in [9.17, 15) is 4.79 Å². The lowest BCUT2D eigenvalue weighted by atomic mass is 9.89. The molecule has 0 fully saturated rings. The SMILES string of the molecule is COc1cccc(C(N)C(C)(C)NC(=O)OC(C)(C)C)c1. The number of hydrogen-bond donors (Lipinski definition) is 2. The molecular weight excluding hydrogens is 268 g/mol. The van der Waals surface area contributed by atoms with Crippen LogP contribution in [0.25, 0.3) is 0 Å². The van der Waals surface area contributed by atoms with Crippen LogP contribution in [0.2, 0.25) is 0 Å². The maximum absolute atomic E-state index is 11.9. The van der Waals surface area contributed by atoms with Gasteiger partial charge in [-0.15, -0.1) is 0 Å². The number of nitrogens with two attached hydrogens (primary N) is 1. The van der Waals surface area contributed by atoms with E-state index in [4.69, 9.17) is 15.2 Å². The van der Waals surface area contributed by atoms with Gasteiger partial charge in [0.2, 0.25) is 0 Å². The summed E-state index contributed by atoms with van der Waals surface area (Å²) in [6.45, 7) is 9.19. The average molecular weight is 294 g/mol. The molecular formula is C16H26N2O3. The molecule has 3 N–H and O–H groups in total. The van der Waals surface area contributed by atoms with Crippen LogP contribution in [0.15, 0.2) is 24.3 Å². The predicted octanol–water partition coefficient (Wildman–Crippen LogP) is 3.00. The van der Waals surface area contributed by atoms with E-state index in [1.54, 1.807) is 7.11 Å². The zero-order chi connectivity index (χ0) is 16.3. The van der Waals surface area contributed by atoms with Gasteiger partial charge in [0, 0.05) is 0 Å². The number of methoxy groups -OCH3 is 1. The Morgan fingerprint density at radius 3 is 2.38 bits per heavy atom. The summed E-state index contributed by atoms with van der Waals surface area (Å²) in [4.78, 5) is 11.9. The highest BCUT2D eigenvalue weighted by Gasteiger charge is 2.31. The van der Waals surface area contributed by atoms with E-state index in [1.807, 2.05) is 58.9 Å². The molecule has 0 aromatic heterocycles. The van der Waals surface area contributed by atoms with Crippen molar-refractivity contribution < 1.29 is 14.3 Å². The number of ether oxygens (including phenoxy) is 2. The number of hydrogen-bond acceptors (Lipinski definition) is 4. The van der Waals surface area contributed by atoms with E-state index in [0.717, 1.165) is 11.3 Å². The molecule has 0 heterocycles. The minimum absolute atomic E-state index is 0.389. The average Bonchev–Trinajstić information content (AvgIpc) is 2.34. The first-order chi connectivity index (χ1) is 9.55. The number of carbonyl (C=O) groups excluding carboxylic acids is 1. The Balaban J connectivity index is 2.83. The van der Waals surface area contributed by atoms with Crippen LogP contribution in [0.4, 0.5) is 4.79 Å². The molecule has 1 unspecified atom stereocenters. The van der Waals surface area contributed by atoms with Gasteiger partial charge in [0.1, 0.15) is 11.4 Å². The lowest BCUT2D eigenvalue weighted by Crippen LogP contribution is -2.52. The van der Waals surface area contributed by atoms with Crippen LogP contribution in [0, 0.1) is 0 Å². The zero-order valence-corrected chi connectivity index (χ0v) is 13.7. The van der Waals surface area contributed by atoms with E-state index in [1.165, 1.54) is 0 Å². The standard InChI is InChI=1S/C16H26N2O3/c1-15(2,3)21-14(19)18-16(4,5)13(17)11-8-7-9-12(10-11)20-6/h7-10,13H,17H2,1-6H3,(H,18,19). The Labute approximate surface area is 126 Å². The van der Waals surface area contributed by atoms with Gasteiger partial charge in [-0.05, 0) is 52.3 Å². The highest BCUT2D eigenvalue weighted by atomic mass is 16.6. The molecule has 0 saturated heterocycles. The fourth-order valence-corrected chi connectivity index (χ4v) is 1.90. The third-order valence-electron chi connectivity index (χ3n) is 3.05. The molecule has 0 aliphatic rings. The van der Waals surface area contributed by atoms with Crippen molar-refractivity contribution in [3.05, 3.63) is 29.8 Å².